The topological polar surface area (TPSA) is 67.5 Å². The molecular weight excluding hydrogens is 251 g/mol. The number of aromatic nitrogens is 1. The summed E-state index contributed by atoms with van der Waals surface area (Å²) in [5.74, 6) is 0.906. The second-order valence-corrected chi connectivity index (χ2v) is 4.03. The Labute approximate surface area is 110 Å². The van der Waals surface area contributed by atoms with Crippen LogP contribution in [0.5, 0.6) is 5.75 Å². The summed E-state index contributed by atoms with van der Waals surface area (Å²) in [4.78, 5) is 0. The molecule has 0 bridgehead atoms. The highest BCUT2D eigenvalue weighted by Gasteiger charge is 2.06. The third kappa shape index (κ3) is 4.69. The van der Waals surface area contributed by atoms with Crippen molar-refractivity contribution in [2.75, 3.05) is 13.2 Å². The van der Waals surface area contributed by atoms with Crippen molar-refractivity contribution in [3.8, 4) is 5.75 Å². The molecule has 1 atom stereocenters. The Balaban J connectivity index is 1.64. The van der Waals surface area contributed by atoms with Gasteiger partial charge in [0.05, 0.1) is 12.7 Å². The zero-order chi connectivity index (χ0) is 13.5. The zero-order valence-corrected chi connectivity index (χ0v) is 10.3. The van der Waals surface area contributed by atoms with E-state index in [0.717, 1.165) is 0 Å². The molecule has 0 aliphatic rings. The van der Waals surface area contributed by atoms with E-state index in [9.17, 15) is 9.50 Å². The summed E-state index contributed by atoms with van der Waals surface area (Å²) in [7, 11) is 0. The van der Waals surface area contributed by atoms with E-state index in [1.54, 1.807) is 12.3 Å². The lowest BCUT2D eigenvalue weighted by Crippen LogP contribution is -2.31. The van der Waals surface area contributed by atoms with Gasteiger partial charge in [0.15, 0.2) is 0 Å². The molecule has 2 aromatic rings. The highest BCUT2D eigenvalue weighted by atomic mass is 19.1. The molecule has 0 fully saturated rings. The van der Waals surface area contributed by atoms with E-state index in [2.05, 4.69) is 10.5 Å². The van der Waals surface area contributed by atoms with Crippen LogP contribution in [-0.2, 0) is 6.54 Å². The highest BCUT2D eigenvalue weighted by Crippen LogP contribution is 2.11. The minimum absolute atomic E-state index is 0.134. The van der Waals surface area contributed by atoms with Crippen LogP contribution in [0.1, 0.15) is 5.76 Å². The largest absolute Gasteiger partial charge is 0.491 e. The molecule has 1 aromatic carbocycles. The van der Waals surface area contributed by atoms with Crippen LogP contribution in [0.3, 0.4) is 0 Å². The molecule has 2 rings (SSSR count). The minimum atomic E-state index is -0.659. The van der Waals surface area contributed by atoms with Gasteiger partial charge < -0.3 is 19.7 Å². The number of halogens is 1. The maximum Gasteiger partial charge on any atom is 0.150 e. The number of nitrogens with zero attached hydrogens (tertiary/aromatic N) is 1. The molecule has 6 heteroatoms. The Hall–Kier alpha value is -1.92. The summed E-state index contributed by atoms with van der Waals surface area (Å²) in [6.07, 6.45) is 0.901. The van der Waals surface area contributed by atoms with Crippen LogP contribution in [0.4, 0.5) is 4.39 Å². The number of rotatable bonds is 7. The second-order valence-electron chi connectivity index (χ2n) is 4.03. The highest BCUT2D eigenvalue weighted by molar-refractivity contribution is 5.22. The predicted octanol–water partition coefficient (Wildman–Crippen LogP) is 1.34. The SMILES string of the molecule is OC(CNCc1ccno1)COc1ccc(F)cc1. The molecule has 0 amide bonds. The molecule has 5 nitrogen and oxygen atoms in total. The molecule has 0 saturated carbocycles. The molecule has 1 aromatic heterocycles. The van der Waals surface area contributed by atoms with Crippen LogP contribution in [0, 0.1) is 5.82 Å². The van der Waals surface area contributed by atoms with Crippen molar-refractivity contribution in [3.63, 3.8) is 0 Å². The maximum atomic E-state index is 12.7. The first-order valence-corrected chi connectivity index (χ1v) is 5.91. The van der Waals surface area contributed by atoms with Crippen LogP contribution in [0.15, 0.2) is 41.1 Å². The summed E-state index contributed by atoms with van der Waals surface area (Å²) in [6, 6.07) is 7.40. The average molecular weight is 266 g/mol. The van der Waals surface area contributed by atoms with E-state index in [4.69, 9.17) is 9.26 Å². The van der Waals surface area contributed by atoms with Gasteiger partial charge in [0.2, 0.25) is 0 Å². The van der Waals surface area contributed by atoms with Gasteiger partial charge in [-0.1, -0.05) is 5.16 Å². The summed E-state index contributed by atoms with van der Waals surface area (Å²) < 4.78 is 22.9. The van der Waals surface area contributed by atoms with E-state index >= 15 is 0 Å². The Kier molecular flexibility index (Phi) is 4.88. The van der Waals surface area contributed by atoms with Crippen molar-refractivity contribution in [3.05, 3.63) is 48.1 Å². The lowest BCUT2D eigenvalue weighted by molar-refractivity contribution is 0.105. The third-order valence-corrected chi connectivity index (χ3v) is 2.43. The molecule has 0 aliphatic heterocycles. The second kappa shape index (κ2) is 6.86. The number of ether oxygens (including phenoxy) is 1. The number of aliphatic hydroxyl groups excluding tert-OH is 1. The molecule has 19 heavy (non-hydrogen) atoms. The molecule has 0 spiro atoms. The summed E-state index contributed by atoms with van der Waals surface area (Å²) in [6.45, 7) is 0.991. The number of nitrogens with one attached hydrogen (secondary N) is 1. The summed E-state index contributed by atoms with van der Waals surface area (Å²) in [5.41, 5.74) is 0. The fourth-order valence-electron chi connectivity index (χ4n) is 1.48. The van der Waals surface area contributed by atoms with Crippen molar-refractivity contribution in [1.29, 1.82) is 0 Å². The van der Waals surface area contributed by atoms with Gasteiger partial charge in [-0.25, -0.2) is 4.39 Å². The maximum absolute atomic E-state index is 12.7. The molecule has 2 N–H and O–H groups in total. The van der Waals surface area contributed by atoms with E-state index in [-0.39, 0.29) is 12.4 Å². The number of hydrogen-bond acceptors (Lipinski definition) is 5. The first-order valence-electron chi connectivity index (χ1n) is 5.91. The van der Waals surface area contributed by atoms with Gasteiger partial charge in [-0.3, -0.25) is 0 Å². The third-order valence-electron chi connectivity index (χ3n) is 2.43. The van der Waals surface area contributed by atoms with Crippen molar-refractivity contribution in [1.82, 2.24) is 10.5 Å². The Morgan fingerprint density at radius 2 is 2.11 bits per heavy atom. The normalized spacial score (nSPS) is 12.3. The van der Waals surface area contributed by atoms with Gasteiger partial charge in [-0.2, -0.15) is 0 Å². The van der Waals surface area contributed by atoms with Crippen LogP contribution in [0.2, 0.25) is 0 Å². The lowest BCUT2D eigenvalue weighted by Gasteiger charge is -2.12. The van der Waals surface area contributed by atoms with Crippen molar-refractivity contribution >= 4 is 0 Å². The van der Waals surface area contributed by atoms with Crippen LogP contribution >= 0.6 is 0 Å². The van der Waals surface area contributed by atoms with Gasteiger partial charge >= 0.3 is 0 Å². The van der Waals surface area contributed by atoms with E-state index in [0.29, 0.717) is 24.6 Å². The summed E-state index contributed by atoms with van der Waals surface area (Å²) in [5, 5.41) is 16.3. The van der Waals surface area contributed by atoms with E-state index in [1.165, 1.54) is 24.3 Å². The molecule has 0 aliphatic carbocycles. The van der Waals surface area contributed by atoms with Crippen LogP contribution in [-0.4, -0.2) is 29.5 Å². The molecule has 1 unspecified atom stereocenters. The molecular formula is C13H15FN2O3. The van der Waals surface area contributed by atoms with Gasteiger partial charge in [-0.15, -0.1) is 0 Å². The zero-order valence-electron chi connectivity index (χ0n) is 10.3. The minimum Gasteiger partial charge on any atom is -0.491 e. The Morgan fingerprint density at radius 3 is 2.79 bits per heavy atom. The Morgan fingerprint density at radius 1 is 1.32 bits per heavy atom. The van der Waals surface area contributed by atoms with Gasteiger partial charge in [-0.05, 0) is 24.3 Å². The number of hydrogen-bond donors (Lipinski definition) is 2. The van der Waals surface area contributed by atoms with Crippen molar-refractivity contribution in [2.24, 2.45) is 0 Å². The monoisotopic (exact) mass is 266 g/mol. The number of aliphatic hydroxyl groups is 1. The van der Waals surface area contributed by atoms with E-state index in [1.807, 2.05) is 0 Å². The quantitative estimate of drug-likeness (QED) is 0.791. The van der Waals surface area contributed by atoms with Gasteiger partial charge in [0.25, 0.3) is 0 Å². The van der Waals surface area contributed by atoms with Crippen molar-refractivity contribution < 1.29 is 18.8 Å². The molecule has 1 heterocycles. The van der Waals surface area contributed by atoms with Gasteiger partial charge in [0.1, 0.15) is 30.0 Å². The molecule has 0 radical (unpaired) electrons. The average Bonchev–Trinajstić information content (AvgIpc) is 2.91. The number of benzene rings is 1. The van der Waals surface area contributed by atoms with Crippen LogP contribution in [0.25, 0.3) is 0 Å². The predicted molar refractivity (Wildman–Crippen MR) is 66.1 cm³/mol. The Bertz CT molecular complexity index is 473. The van der Waals surface area contributed by atoms with Crippen LogP contribution < -0.4 is 10.1 Å². The first-order chi connectivity index (χ1) is 9.24. The van der Waals surface area contributed by atoms with Crippen molar-refractivity contribution in [2.45, 2.75) is 12.6 Å². The molecule has 0 saturated heterocycles. The summed E-state index contributed by atoms with van der Waals surface area (Å²) >= 11 is 0. The lowest BCUT2D eigenvalue weighted by atomic mass is 10.3. The smallest absolute Gasteiger partial charge is 0.150 e. The van der Waals surface area contributed by atoms with E-state index < -0.39 is 6.10 Å². The van der Waals surface area contributed by atoms with Gasteiger partial charge in [0, 0.05) is 12.6 Å². The standard InChI is InChI=1S/C13H15FN2O3/c14-10-1-3-12(4-2-10)18-9-11(17)7-15-8-13-5-6-16-19-13/h1-6,11,15,17H,7-9H2. The first kappa shape index (κ1) is 13.5. The fraction of sp³-hybridized carbons (Fsp3) is 0.308. The molecule has 102 valence electrons. The fourth-order valence-corrected chi connectivity index (χ4v) is 1.48.